The number of H-pyrrole nitrogens is 1. The van der Waals surface area contributed by atoms with Crippen molar-refractivity contribution in [2.24, 2.45) is 5.92 Å². The molecule has 2 N–H and O–H groups in total. The van der Waals surface area contributed by atoms with Crippen molar-refractivity contribution in [3.05, 3.63) is 58.4 Å². The molecule has 0 radical (unpaired) electrons. The molecule has 1 aliphatic heterocycles. The van der Waals surface area contributed by atoms with E-state index in [0.29, 0.717) is 42.0 Å². The average Bonchev–Trinajstić information content (AvgIpc) is 3.11. The summed E-state index contributed by atoms with van der Waals surface area (Å²) in [6, 6.07) is 10.4. The summed E-state index contributed by atoms with van der Waals surface area (Å²) in [6.45, 7) is 6.78. The minimum atomic E-state index is -0.442. The molecule has 1 aromatic carbocycles. The van der Waals surface area contributed by atoms with Crippen LogP contribution in [0, 0.1) is 19.8 Å². The molecule has 178 valence electrons. The summed E-state index contributed by atoms with van der Waals surface area (Å²) in [7, 11) is 1.33. The Hall–Kier alpha value is -3.09. The van der Waals surface area contributed by atoms with Crippen LogP contribution >= 0.6 is 0 Å². The molecule has 2 heterocycles. The first-order chi connectivity index (χ1) is 15.8. The third-order valence-corrected chi connectivity index (χ3v) is 6.53. The van der Waals surface area contributed by atoms with Crippen LogP contribution < -0.4 is 5.32 Å². The van der Waals surface area contributed by atoms with Crippen LogP contribution in [0.2, 0.25) is 0 Å². The highest BCUT2D eigenvalue weighted by Crippen LogP contribution is 2.25. The Kier molecular flexibility index (Phi) is 8.31. The largest absolute Gasteiger partial charge is 0.465 e. The number of aromatic amines is 1. The van der Waals surface area contributed by atoms with Gasteiger partial charge in [0.2, 0.25) is 5.91 Å². The van der Waals surface area contributed by atoms with Crippen LogP contribution in [0.4, 0.5) is 0 Å². The molecule has 0 bridgehead atoms. The number of likely N-dealkylation sites (tertiary alicyclic amines) is 1. The van der Waals surface area contributed by atoms with E-state index in [1.54, 1.807) is 18.7 Å². The van der Waals surface area contributed by atoms with Gasteiger partial charge < -0.3 is 19.9 Å². The number of ether oxygens (including phenoxy) is 1. The van der Waals surface area contributed by atoms with Gasteiger partial charge in [-0.3, -0.25) is 9.59 Å². The Morgan fingerprint density at radius 2 is 1.82 bits per heavy atom. The smallest absolute Gasteiger partial charge is 0.339 e. The lowest BCUT2D eigenvalue weighted by molar-refractivity contribution is -0.122. The Bertz CT molecular complexity index is 975. The van der Waals surface area contributed by atoms with Gasteiger partial charge in [-0.1, -0.05) is 30.3 Å². The third kappa shape index (κ3) is 6.24. The number of aryl methyl sites for hydroxylation is 2. The van der Waals surface area contributed by atoms with Crippen molar-refractivity contribution >= 4 is 17.8 Å². The topological polar surface area (TPSA) is 91.5 Å². The van der Waals surface area contributed by atoms with Gasteiger partial charge in [0.15, 0.2) is 0 Å². The van der Waals surface area contributed by atoms with E-state index in [-0.39, 0.29) is 23.8 Å². The van der Waals surface area contributed by atoms with E-state index in [2.05, 4.69) is 22.4 Å². The van der Waals surface area contributed by atoms with Crippen LogP contribution in [0.15, 0.2) is 30.3 Å². The maximum atomic E-state index is 13.0. The second kappa shape index (κ2) is 11.2. The van der Waals surface area contributed by atoms with E-state index in [1.807, 2.05) is 25.1 Å². The van der Waals surface area contributed by atoms with Gasteiger partial charge in [0, 0.05) is 31.2 Å². The van der Waals surface area contributed by atoms with Crippen molar-refractivity contribution in [2.75, 3.05) is 20.2 Å². The van der Waals surface area contributed by atoms with Crippen molar-refractivity contribution < 1.29 is 19.1 Å². The molecule has 2 amide bonds. The van der Waals surface area contributed by atoms with Crippen LogP contribution in [0.5, 0.6) is 0 Å². The molecule has 0 aliphatic carbocycles. The van der Waals surface area contributed by atoms with Gasteiger partial charge in [0.05, 0.1) is 12.7 Å². The normalized spacial score (nSPS) is 15.2. The lowest BCUT2D eigenvalue weighted by Gasteiger charge is -2.32. The Balaban J connectivity index is 1.45. The van der Waals surface area contributed by atoms with Gasteiger partial charge in [-0.05, 0) is 63.5 Å². The highest BCUT2D eigenvalue weighted by Gasteiger charge is 2.29. The monoisotopic (exact) mass is 453 g/mol. The molecule has 1 atom stereocenters. The van der Waals surface area contributed by atoms with E-state index in [4.69, 9.17) is 4.74 Å². The predicted octanol–water partition coefficient (Wildman–Crippen LogP) is 3.80. The molecule has 0 saturated carbocycles. The fourth-order valence-corrected chi connectivity index (χ4v) is 4.57. The summed E-state index contributed by atoms with van der Waals surface area (Å²) >= 11 is 0. The van der Waals surface area contributed by atoms with Crippen molar-refractivity contribution in [2.45, 2.75) is 58.9 Å². The number of nitrogens with zero attached hydrogens (tertiary/aromatic N) is 1. The Morgan fingerprint density at radius 1 is 1.15 bits per heavy atom. The minimum absolute atomic E-state index is 0.0823. The number of carbonyl (C=O) groups excluding carboxylic acids is 3. The second-order valence-electron chi connectivity index (χ2n) is 9.05. The molecule has 2 aromatic rings. The van der Waals surface area contributed by atoms with Crippen LogP contribution in [-0.4, -0.2) is 53.9 Å². The number of methoxy groups -OCH3 is 1. The van der Waals surface area contributed by atoms with Crippen LogP contribution in [0.25, 0.3) is 0 Å². The number of carbonyl (C=O) groups is 3. The van der Waals surface area contributed by atoms with E-state index >= 15 is 0 Å². The lowest BCUT2D eigenvalue weighted by atomic mass is 9.92. The number of hydrogen-bond donors (Lipinski definition) is 2. The zero-order chi connectivity index (χ0) is 24.0. The molecule has 7 nitrogen and oxygen atoms in total. The van der Waals surface area contributed by atoms with Gasteiger partial charge in [-0.25, -0.2) is 4.79 Å². The molecule has 1 aromatic heterocycles. The first-order valence-corrected chi connectivity index (χ1v) is 11.7. The highest BCUT2D eigenvalue weighted by molar-refractivity contribution is 6.00. The van der Waals surface area contributed by atoms with Gasteiger partial charge in [-0.2, -0.15) is 0 Å². The molecular weight excluding hydrogens is 418 g/mol. The van der Waals surface area contributed by atoms with E-state index in [0.717, 1.165) is 25.7 Å². The van der Waals surface area contributed by atoms with Crippen LogP contribution in [-0.2, 0) is 16.0 Å². The number of esters is 1. The number of benzene rings is 1. The molecular formula is C26H35N3O4. The number of piperidine rings is 1. The molecule has 33 heavy (non-hydrogen) atoms. The second-order valence-corrected chi connectivity index (χ2v) is 9.05. The minimum Gasteiger partial charge on any atom is -0.465 e. The van der Waals surface area contributed by atoms with Gasteiger partial charge in [-0.15, -0.1) is 0 Å². The molecule has 1 aliphatic rings. The summed E-state index contributed by atoms with van der Waals surface area (Å²) in [5.41, 5.74) is 3.40. The fourth-order valence-electron chi connectivity index (χ4n) is 4.57. The summed E-state index contributed by atoms with van der Waals surface area (Å²) in [5, 5.41) is 3.12. The molecule has 7 heteroatoms. The van der Waals surface area contributed by atoms with Crippen molar-refractivity contribution in [1.82, 2.24) is 15.2 Å². The van der Waals surface area contributed by atoms with Crippen molar-refractivity contribution in [3.8, 4) is 0 Å². The first kappa shape index (κ1) is 24.6. The summed E-state index contributed by atoms with van der Waals surface area (Å²) in [6.07, 6.45) is 3.93. The van der Waals surface area contributed by atoms with Gasteiger partial charge in [0.25, 0.3) is 5.91 Å². The SMILES string of the molecule is COC(=O)c1c(C)[nH]c(C(=O)N2CCC(CC(=O)N[C@H](C)CCc3ccccc3)CC2)c1C. The third-order valence-electron chi connectivity index (χ3n) is 6.53. The van der Waals surface area contributed by atoms with Gasteiger partial charge in [0.1, 0.15) is 5.69 Å². The number of amides is 2. The Morgan fingerprint density at radius 3 is 2.45 bits per heavy atom. The molecule has 0 spiro atoms. The Labute approximate surface area is 195 Å². The number of aromatic nitrogens is 1. The maximum absolute atomic E-state index is 13.0. The fraction of sp³-hybridized carbons (Fsp3) is 0.500. The van der Waals surface area contributed by atoms with Crippen molar-refractivity contribution in [3.63, 3.8) is 0 Å². The van der Waals surface area contributed by atoms with E-state index in [1.165, 1.54) is 12.7 Å². The molecule has 1 fully saturated rings. The van der Waals surface area contributed by atoms with Crippen molar-refractivity contribution in [1.29, 1.82) is 0 Å². The zero-order valence-electron chi connectivity index (χ0n) is 20.1. The predicted molar refractivity (Wildman–Crippen MR) is 127 cm³/mol. The van der Waals surface area contributed by atoms with E-state index in [9.17, 15) is 14.4 Å². The highest BCUT2D eigenvalue weighted by atomic mass is 16.5. The average molecular weight is 454 g/mol. The number of hydrogen-bond acceptors (Lipinski definition) is 4. The molecule has 3 rings (SSSR count). The van der Waals surface area contributed by atoms with Crippen LogP contribution in [0.1, 0.15) is 70.3 Å². The number of nitrogens with one attached hydrogen (secondary N) is 2. The van der Waals surface area contributed by atoms with E-state index < -0.39 is 5.97 Å². The molecule has 1 saturated heterocycles. The summed E-state index contributed by atoms with van der Waals surface area (Å²) in [5.74, 6) is -0.197. The zero-order valence-corrected chi connectivity index (χ0v) is 20.1. The first-order valence-electron chi connectivity index (χ1n) is 11.7. The standard InChI is InChI=1S/C26H35N3O4/c1-17(10-11-20-8-6-5-7-9-20)27-22(30)16-21-12-14-29(15-13-21)25(31)24-18(2)23(19(3)28-24)26(32)33-4/h5-9,17,21,28H,10-16H2,1-4H3,(H,27,30)/t17-/m1/s1. The number of rotatable bonds is 8. The summed E-state index contributed by atoms with van der Waals surface area (Å²) in [4.78, 5) is 42.4. The lowest BCUT2D eigenvalue weighted by Crippen LogP contribution is -2.41. The van der Waals surface area contributed by atoms with Gasteiger partial charge >= 0.3 is 5.97 Å². The molecule has 0 unspecified atom stereocenters. The maximum Gasteiger partial charge on any atom is 0.339 e. The quantitative estimate of drug-likeness (QED) is 0.595. The van der Waals surface area contributed by atoms with Crippen LogP contribution in [0.3, 0.4) is 0 Å². The summed E-state index contributed by atoms with van der Waals surface area (Å²) < 4.78 is 4.83.